The molecule has 1 aliphatic heterocycles. The number of rotatable bonds is 6. The Kier molecular flexibility index (Phi) is 5.12. The quantitative estimate of drug-likeness (QED) is 0.311. The van der Waals surface area contributed by atoms with E-state index in [1.807, 2.05) is 72.9 Å². The van der Waals surface area contributed by atoms with Crippen LogP contribution < -0.4 is 5.32 Å². The van der Waals surface area contributed by atoms with E-state index >= 15 is 0 Å². The van der Waals surface area contributed by atoms with E-state index in [0.29, 0.717) is 17.7 Å². The number of ketones is 1. The number of hydrogen-bond donors (Lipinski definition) is 1. The second-order valence-electron chi connectivity index (χ2n) is 6.06. The van der Waals surface area contributed by atoms with Crippen molar-refractivity contribution in [3.63, 3.8) is 0 Å². The summed E-state index contributed by atoms with van der Waals surface area (Å²) >= 11 is 1.08. The smallest absolute Gasteiger partial charge is 0.193 e. The largest absolute Gasteiger partial charge is 0.391 e. The van der Waals surface area contributed by atoms with Crippen LogP contribution in [0, 0.1) is 11.1 Å². The van der Waals surface area contributed by atoms with E-state index in [0.717, 1.165) is 34.1 Å². The predicted octanol–water partition coefficient (Wildman–Crippen LogP) is 3.69. The van der Waals surface area contributed by atoms with Crippen molar-refractivity contribution >= 4 is 28.9 Å². The molecule has 27 heavy (non-hydrogen) atoms. The minimum absolute atomic E-state index is 0.0229. The summed E-state index contributed by atoms with van der Waals surface area (Å²) in [5.74, 6) is 2.11. The van der Waals surface area contributed by atoms with Gasteiger partial charge in [0, 0.05) is 23.0 Å². The van der Waals surface area contributed by atoms with Crippen molar-refractivity contribution < 1.29 is 4.79 Å². The molecule has 2 heterocycles. The van der Waals surface area contributed by atoms with Crippen molar-refractivity contribution in [1.29, 1.82) is 0 Å². The maximum Gasteiger partial charge on any atom is 0.193 e. The lowest BCUT2D eigenvalue weighted by Crippen LogP contribution is -2.12. The summed E-state index contributed by atoms with van der Waals surface area (Å²) in [6, 6.07) is 20.8. The van der Waals surface area contributed by atoms with E-state index in [1.54, 1.807) is 6.20 Å². The lowest BCUT2D eigenvalue weighted by Gasteiger charge is -2.12. The zero-order chi connectivity index (χ0) is 18.5. The average Bonchev–Trinajstić information content (AvgIpc) is 3.22. The van der Waals surface area contributed by atoms with Crippen molar-refractivity contribution in [3.05, 3.63) is 107 Å². The molecule has 0 unspecified atom stereocenters. The fourth-order valence-corrected chi connectivity index (χ4v) is 3.66. The van der Waals surface area contributed by atoms with Crippen molar-refractivity contribution in [1.82, 2.24) is 4.98 Å². The van der Waals surface area contributed by atoms with E-state index < -0.39 is 0 Å². The highest BCUT2D eigenvalue weighted by Crippen LogP contribution is 2.24. The average molecular weight is 372 g/mol. The highest BCUT2D eigenvalue weighted by molar-refractivity contribution is 7.85. The molecule has 0 bridgehead atoms. The summed E-state index contributed by atoms with van der Waals surface area (Å²) in [4.78, 5) is 21.4. The van der Waals surface area contributed by atoms with Crippen LogP contribution in [0.3, 0.4) is 0 Å². The van der Waals surface area contributed by atoms with Gasteiger partial charge in [-0.25, -0.2) is 0 Å². The molecule has 0 amide bonds. The third-order valence-corrected chi connectivity index (χ3v) is 5.17. The molecule has 4 nitrogen and oxygen atoms in total. The molecular formula is C22H18N3OS-. The monoisotopic (exact) mass is 372 g/mol. The van der Waals surface area contributed by atoms with Crippen LogP contribution in [0.2, 0.25) is 0 Å². The number of anilines is 1. The molecule has 0 aliphatic carbocycles. The number of hydrogen-bond acceptors (Lipinski definition) is 4. The number of aliphatic imine (C=N–C) groups is 1. The van der Waals surface area contributed by atoms with Gasteiger partial charge in [-0.05, 0) is 24.9 Å². The molecule has 0 atom stereocenters. The Morgan fingerprint density at radius 3 is 2.70 bits per heavy atom. The lowest BCUT2D eigenvalue weighted by molar-refractivity contribution is 0.103. The number of thiol groups is 1. The van der Waals surface area contributed by atoms with Crippen LogP contribution in [0.15, 0.2) is 84.1 Å². The van der Waals surface area contributed by atoms with Gasteiger partial charge >= 0.3 is 0 Å². The Morgan fingerprint density at radius 2 is 1.89 bits per heavy atom. The standard InChI is InChI=1S/C22H18N3OS/c26-21(16-6-2-1-3-7-16)17-8-4-10-19(12-17)24-14-20-15-27-22(25-20)18-9-5-11-23-13-18/h1-13,15,24,27H,14H2/q-1. The zero-order valence-corrected chi connectivity index (χ0v) is 15.4. The third kappa shape index (κ3) is 4.15. The molecule has 0 saturated carbocycles. The molecule has 0 fully saturated rings. The van der Waals surface area contributed by atoms with E-state index in [4.69, 9.17) is 0 Å². The minimum atomic E-state index is 0.0229. The van der Waals surface area contributed by atoms with Gasteiger partial charge in [-0.2, -0.15) is 17.5 Å². The van der Waals surface area contributed by atoms with Crippen LogP contribution in [0.1, 0.15) is 21.5 Å². The summed E-state index contributed by atoms with van der Waals surface area (Å²) in [5.41, 5.74) is 4.29. The Bertz CT molecular complexity index is 958. The summed E-state index contributed by atoms with van der Waals surface area (Å²) in [7, 11) is 0. The molecule has 1 aliphatic rings. The van der Waals surface area contributed by atoms with Crippen LogP contribution in [0.4, 0.5) is 5.69 Å². The first-order valence-electron chi connectivity index (χ1n) is 8.62. The molecule has 0 saturated heterocycles. The van der Waals surface area contributed by atoms with Gasteiger partial charge in [-0.15, -0.1) is 11.8 Å². The molecule has 0 spiro atoms. The fourth-order valence-electron chi connectivity index (χ4n) is 2.77. The first kappa shape index (κ1) is 17.2. The van der Waals surface area contributed by atoms with Gasteiger partial charge in [0.25, 0.3) is 0 Å². The molecule has 4 rings (SSSR count). The van der Waals surface area contributed by atoms with Crippen LogP contribution >= 0.6 is 0 Å². The molecule has 2 aromatic carbocycles. The number of carbonyl (C=O) groups is 1. The Labute approximate surface area is 162 Å². The zero-order valence-electron chi connectivity index (χ0n) is 14.5. The Morgan fingerprint density at radius 1 is 1.04 bits per heavy atom. The highest BCUT2D eigenvalue weighted by atomic mass is 32.2. The van der Waals surface area contributed by atoms with Gasteiger partial charge in [0.15, 0.2) is 5.78 Å². The molecule has 0 radical (unpaired) electrons. The second kappa shape index (κ2) is 8.01. The number of aromatic nitrogens is 1. The van der Waals surface area contributed by atoms with Gasteiger partial charge < -0.3 is 15.3 Å². The third-order valence-electron chi connectivity index (χ3n) is 4.14. The number of pyridine rings is 1. The second-order valence-corrected chi connectivity index (χ2v) is 7.00. The van der Waals surface area contributed by atoms with Gasteiger partial charge in [0.2, 0.25) is 0 Å². The summed E-state index contributed by atoms with van der Waals surface area (Å²) in [5, 5.41) is 4.36. The molecule has 3 aromatic rings. The lowest BCUT2D eigenvalue weighted by atomic mass is 10.0. The molecule has 134 valence electrons. The molecule has 1 aromatic heterocycles. The highest BCUT2D eigenvalue weighted by Gasteiger charge is 2.13. The molecule has 5 heteroatoms. The van der Waals surface area contributed by atoms with Crippen molar-refractivity contribution in [2.24, 2.45) is 4.99 Å². The van der Waals surface area contributed by atoms with E-state index in [2.05, 4.69) is 21.0 Å². The topological polar surface area (TPSA) is 54.4 Å². The predicted molar refractivity (Wildman–Crippen MR) is 112 cm³/mol. The van der Waals surface area contributed by atoms with Crippen molar-refractivity contribution in [2.75, 3.05) is 11.9 Å². The maximum atomic E-state index is 12.6. The minimum Gasteiger partial charge on any atom is -0.391 e. The van der Waals surface area contributed by atoms with Crippen LogP contribution in [-0.4, -0.2) is 23.0 Å². The molecular weight excluding hydrogens is 354 g/mol. The summed E-state index contributed by atoms with van der Waals surface area (Å²) in [6.45, 7) is 0.611. The summed E-state index contributed by atoms with van der Waals surface area (Å²) in [6.07, 6.45) is 3.59. The van der Waals surface area contributed by atoms with Crippen LogP contribution in [0.25, 0.3) is 0 Å². The van der Waals surface area contributed by atoms with Crippen LogP contribution in [-0.2, 0) is 11.8 Å². The van der Waals surface area contributed by atoms with Crippen molar-refractivity contribution in [2.45, 2.75) is 0 Å². The first-order valence-corrected chi connectivity index (χ1v) is 9.59. The van der Waals surface area contributed by atoms with E-state index in [-0.39, 0.29) is 5.78 Å². The number of benzene rings is 2. The van der Waals surface area contributed by atoms with Crippen LogP contribution in [0.5, 0.6) is 0 Å². The van der Waals surface area contributed by atoms with Gasteiger partial charge in [-0.3, -0.25) is 4.79 Å². The Hall–Kier alpha value is -3.18. The van der Waals surface area contributed by atoms with E-state index in [1.165, 1.54) is 0 Å². The molecule has 1 N–H and O–H groups in total. The van der Waals surface area contributed by atoms with Crippen molar-refractivity contribution in [3.8, 4) is 0 Å². The van der Waals surface area contributed by atoms with Gasteiger partial charge in [0.1, 0.15) is 5.37 Å². The SMILES string of the molecule is O=C(c1ccccc1)c1cccc(NCC2=N[C-](c3cccnc3)[SH+][CH-]2)c1. The first-order chi connectivity index (χ1) is 13.3. The van der Waals surface area contributed by atoms with Gasteiger partial charge in [-0.1, -0.05) is 54.1 Å². The maximum absolute atomic E-state index is 12.6. The van der Waals surface area contributed by atoms with E-state index in [9.17, 15) is 4.79 Å². The normalized spacial score (nSPS) is 13.0. The number of carbonyl (C=O) groups excluding carboxylic acids is 1. The van der Waals surface area contributed by atoms with Gasteiger partial charge in [0.05, 0.1) is 0 Å². The number of nitrogens with zero attached hydrogens (tertiary/aromatic N) is 2. The fraction of sp³-hybridized carbons (Fsp3) is 0.0455. The summed E-state index contributed by atoms with van der Waals surface area (Å²) < 4.78 is 0. The Balaban J connectivity index is 1.41. The number of nitrogens with one attached hydrogen (secondary N) is 1.